The van der Waals surface area contributed by atoms with Crippen LogP contribution >= 0.6 is 0 Å². The van der Waals surface area contributed by atoms with Crippen LogP contribution in [0.15, 0.2) is 48.8 Å². The lowest BCUT2D eigenvalue weighted by Gasteiger charge is -2.13. The molecule has 164 valence electrons. The van der Waals surface area contributed by atoms with Gasteiger partial charge in [0.15, 0.2) is 5.65 Å². The van der Waals surface area contributed by atoms with Crippen LogP contribution in [-0.4, -0.2) is 42.9 Å². The Hall–Kier alpha value is -3.68. The third-order valence-corrected chi connectivity index (χ3v) is 5.61. The first kappa shape index (κ1) is 20.2. The fourth-order valence-electron chi connectivity index (χ4n) is 3.65. The van der Waals surface area contributed by atoms with Gasteiger partial charge in [0.2, 0.25) is 0 Å². The smallest absolute Gasteiger partial charge is 0.251 e. The molecule has 8 nitrogen and oxygen atoms in total. The molecule has 2 N–H and O–H groups in total. The summed E-state index contributed by atoms with van der Waals surface area (Å²) in [5.74, 6) is 0.473. The van der Waals surface area contributed by atoms with Crippen LogP contribution in [0.5, 0.6) is 0 Å². The van der Waals surface area contributed by atoms with Gasteiger partial charge in [0.25, 0.3) is 5.91 Å². The minimum absolute atomic E-state index is 0.0195. The standard InChI is InChI=1S/C24H27N7O/c1-15(2)13-25-20-12-19(21-10-11-27-30(21)3)29-31-22(14-26-23(20)31)16-4-6-17(7-5-16)24(32)28-18-8-9-18/h4-7,10-12,14-15,18,25H,8-9,13H2,1-3H3,(H,28,32). The molecule has 8 heteroatoms. The van der Waals surface area contributed by atoms with E-state index in [9.17, 15) is 4.79 Å². The van der Waals surface area contributed by atoms with E-state index in [1.165, 1.54) is 0 Å². The highest BCUT2D eigenvalue weighted by atomic mass is 16.1. The second-order valence-electron chi connectivity index (χ2n) is 8.76. The van der Waals surface area contributed by atoms with E-state index in [4.69, 9.17) is 5.10 Å². The zero-order valence-corrected chi connectivity index (χ0v) is 18.5. The normalized spacial score (nSPS) is 13.6. The lowest BCUT2D eigenvalue weighted by atomic mass is 10.1. The third kappa shape index (κ3) is 3.95. The number of nitrogens with one attached hydrogen (secondary N) is 2. The van der Waals surface area contributed by atoms with E-state index in [0.29, 0.717) is 17.5 Å². The average Bonchev–Trinajstić information content (AvgIpc) is 3.32. The van der Waals surface area contributed by atoms with Gasteiger partial charge in [-0.2, -0.15) is 10.2 Å². The highest BCUT2D eigenvalue weighted by molar-refractivity contribution is 5.95. The average molecular weight is 430 g/mol. The lowest BCUT2D eigenvalue weighted by Crippen LogP contribution is -2.25. The first-order valence-corrected chi connectivity index (χ1v) is 11.0. The van der Waals surface area contributed by atoms with Gasteiger partial charge in [-0.3, -0.25) is 9.48 Å². The molecule has 0 spiro atoms. The van der Waals surface area contributed by atoms with Gasteiger partial charge in [-0.1, -0.05) is 26.0 Å². The fraction of sp³-hybridized carbons (Fsp3) is 0.333. The third-order valence-electron chi connectivity index (χ3n) is 5.61. The summed E-state index contributed by atoms with van der Waals surface area (Å²) < 4.78 is 3.68. The Labute approximate surface area is 186 Å². The maximum atomic E-state index is 12.3. The van der Waals surface area contributed by atoms with Crippen molar-refractivity contribution in [2.75, 3.05) is 11.9 Å². The van der Waals surface area contributed by atoms with Crippen molar-refractivity contribution in [3.05, 3.63) is 54.4 Å². The van der Waals surface area contributed by atoms with Crippen molar-refractivity contribution in [3.8, 4) is 22.6 Å². The maximum Gasteiger partial charge on any atom is 0.251 e. The predicted molar refractivity (Wildman–Crippen MR) is 124 cm³/mol. The SMILES string of the molecule is CC(C)CNc1cc(-c2ccnn2C)nn2c(-c3ccc(C(=O)NC4CC4)cc3)cnc12. The Bertz CT molecular complexity index is 1270. The Kier molecular flexibility index (Phi) is 5.13. The molecule has 4 aromatic rings. The molecule has 3 heterocycles. The van der Waals surface area contributed by atoms with Crippen molar-refractivity contribution < 1.29 is 4.79 Å². The van der Waals surface area contributed by atoms with Crippen LogP contribution in [0.25, 0.3) is 28.3 Å². The highest BCUT2D eigenvalue weighted by Gasteiger charge is 2.24. The molecule has 0 unspecified atom stereocenters. The number of anilines is 1. The summed E-state index contributed by atoms with van der Waals surface area (Å²) in [6.45, 7) is 5.17. The quantitative estimate of drug-likeness (QED) is 0.467. The molecule has 32 heavy (non-hydrogen) atoms. The van der Waals surface area contributed by atoms with E-state index in [1.54, 1.807) is 6.20 Å². The monoisotopic (exact) mass is 429 g/mol. The summed E-state index contributed by atoms with van der Waals surface area (Å²) >= 11 is 0. The molecule has 0 radical (unpaired) electrons. The molecule has 0 bridgehead atoms. The highest BCUT2D eigenvalue weighted by Crippen LogP contribution is 2.28. The number of nitrogens with zero attached hydrogens (tertiary/aromatic N) is 5. The fourth-order valence-corrected chi connectivity index (χ4v) is 3.65. The molecule has 1 fully saturated rings. The van der Waals surface area contributed by atoms with E-state index in [0.717, 1.165) is 53.4 Å². The molecule has 1 aliphatic rings. The van der Waals surface area contributed by atoms with Crippen molar-refractivity contribution >= 4 is 17.2 Å². The second-order valence-corrected chi connectivity index (χ2v) is 8.76. The molecule has 1 aromatic carbocycles. The van der Waals surface area contributed by atoms with E-state index in [1.807, 2.05) is 58.8 Å². The number of fused-ring (bicyclic) bond motifs is 1. The van der Waals surface area contributed by atoms with Crippen molar-refractivity contribution in [1.82, 2.24) is 29.7 Å². The largest absolute Gasteiger partial charge is 0.382 e. The van der Waals surface area contributed by atoms with E-state index in [-0.39, 0.29) is 5.91 Å². The molecular formula is C24H27N7O. The molecule has 0 saturated heterocycles. The number of benzene rings is 1. The summed E-state index contributed by atoms with van der Waals surface area (Å²) in [5, 5.41) is 15.7. The number of carbonyl (C=O) groups is 1. The topological polar surface area (TPSA) is 89.1 Å². The van der Waals surface area contributed by atoms with Crippen LogP contribution in [0.3, 0.4) is 0 Å². The number of aromatic nitrogens is 5. The second kappa shape index (κ2) is 8.11. The van der Waals surface area contributed by atoms with Crippen molar-refractivity contribution in [3.63, 3.8) is 0 Å². The minimum atomic E-state index is -0.0195. The Morgan fingerprint density at radius 2 is 1.94 bits per heavy atom. The van der Waals surface area contributed by atoms with Crippen LogP contribution < -0.4 is 10.6 Å². The van der Waals surface area contributed by atoms with Gasteiger partial charge in [0.05, 0.1) is 23.3 Å². The van der Waals surface area contributed by atoms with Crippen molar-refractivity contribution in [2.45, 2.75) is 32.7 Å². The molecular weight excluding hydrogens is 402 g/mol. The van der Waals surface area contributed by atoms with Gasteiger partial charge in [0, 0.05) is 37.0 Å². The van der Waals surface area contributed by atoms with Crippen molar-refractivity contribution in [2.24, 2.45) is 13.0 Å². The first-order valence-electron chi connectivity index (χ1n) is 11.0. The molecule has 0 atom stereocenters. The number of amides is 1. The number of imidazole rings is 1. The summed E-state index contributed by atoms with van der Waals surface area (Å²) in [5.41, 5.74) is 5.90. The Morgan fingerprint density at radius 3 is 2.59 bits per heavy atom. The first-order chi connectivity index (χ1) is 15.5. The summed E-state index contributed by atoms with van der Waals surface area (Å²) in [6.07, 6.45) is 5.74. The van der Waals surface area contributed by atoms with Gasteiger partial charge in [0.1, 0.15) is 5.69 Å². The number of hydrogen-bond donors (Lipinski definition) is 2. The molecule has 5 rings (SSSR count). The van der Waals surface area contributed by atoms with Crippen LogP contribution in [0, 0.1) is 5.92 Å². The van der Waals surface area contributed by atoms with Gasteiger partial charge in [-0.05, 0) is 43.0 Å². The summed E-state index contributed by atoms with van der Waals surface area (Å²) in [6, 6.07) is 11.9. The van der Waals surface area contributed by atoms with Gasteiger partial charge < -0.3 is 10.6 Å². The number of carbonyl (C=O) groups excluding carboxylic acids is 1. The maximum absolute atomic E-state index is 12.3. The van der Waals surface area contributed by atoms with Gasteiger partial charge in [-0.15, -0.1) is 0 Å². The lowest BCUT2D eigenvalue weighted by molar-refractivity contribution is 0.0951. The van der Waals surface area contributed by atoms with E-state index in [2.05, 4.69) is 34.6 Å². The zero-order chi connectivity index (χ0) is 22.2. The van der Waals surface area contributed by atoms with E-state index < -0.39 is 0 Å². The molecule has 1 amide bonds. The van der Waals surface area contributed by atoms with Crippen molar-refractivity contribution in [1.29, 1.82) is 0 Å². The van der Waals surface area contributed by atoms with Crippen LogP contribution in [0.4, 0.5) is 5.69 Å². The number of hydrogen-bond acceptors (Lipinski definition) is 5. The summed E-state index contributed by atoms with van der Waals surface area (Å²) in [7, 11) is 1.91. The van der Waals surface area contributed by atoms with Crippen LogP contribution in [0.2, 0.25) is 0 Å². The van der Waals surface area contributed by atoms with Crippen LogP contribution in [-0.2, 0) is 7.05 Å². The Balaban J connectivity index is 1.55. The van der Waals surface area contributed by atoms with E-state index >= 15 is 0 Å². The number of aryl methyl sites for hydroxylation is 1. The molecule has 3 aromatic heterocycles. The number of rotatable bonds is 7. The van der Waals surface area contributed by atoms with Gasteiger partial charge in [-0.25, -0.2) is 9.50 Å². The zero-order valence-electron chi connectivity index (χ0n) is 18.5. The minimum Gasteiger partial charge on any atom is -0.382 e. The predicted octanol–water partition coefficient (Wildman–Crippen LogP) is 3.76. The van der Waals surface area contributed by atoms with Gasteiger partial charge >= 0.3 is 0 Å². The molecule has 1 aliphatic carbocycles. The molecule has 1 saturated carbocycles. The Morgan fingerprint density at radius 1 is 1.16 bits per heavy atom. The van der Waals surface area contributed by atoms with Crippen LogP contribution in [0.1, 0.15) is 37.0 Å². The summed E-state index contributed by atoms with van der Waals surface area (Å²) in [4.78, 5) is 17.0. The molecule has 0 aliphatic heterocycles.